The fourth-order valence-corrected chi connectivity index (χ4v) is 2.98. The van der Waals surface area contributed by atoms with Crippen molar-refractivity contribution in [3.8, 4) is 17.2 Å². The average Bonchev–Trinajstić information content (AvgIpc) is 3.34. The highest BCUT2D eigenvalue weighted by Gasteiger charge is 2.16. The fourth-order valence-electron chi connectivity index (χ4n) is 2.98. The number of nitrogens with one attached hydrogen (secondary N) is 1. The Bertz CT molecular complexity index is 1130. The van der Waals surface area contributed by atoms with Gasteiger partial charge in [-0.1, -0.05) is 0 Å². The van der Waals surface area contributed by atoms with Gasteiger partial charge < -0.3 is 9.88 Å². The van der Waals surface area contributed by atoms with Gasteiger partial charge in [-0.15, -0.1) is 0 Å². The van der Waals surface area contributed by atoms with Crippen LogP contribution in [0.15, 0.2) is 55.4 Å². The molecular weight excluding hydrogens is 368 g/mol. The minimum Gasteiger partial charge on any atom is -0.350 e. The van der Waals surface area contributed by atoms with Gasteiger partial charge in [0, 0.05) is 49.6 Å². The molecule has 0 aromatic carbocycles. The molecule has 0 radical (unpaired) electrons. The van der Waals surface area contributed by atoms with E-state index in [-0.39, 0.29) is 5.91 Å². The van der Waals surface area contributed by atoms with E-state index in [1.165, 1.54) is 6.20 Å². The molecule has 0 bridgehead atoms. The van der Waals surface area contributed by atoms with Gasteiger partial charge in [0.15, 0.2) is 0 Å². The largest absolute Gasteiger partial charge is 0.350 e. The molecule has 0 atom stereocenters. The summed E-state index contributed by atoms with van der Waals surface area (Å²) in [4.78, 5) is 29.7. The fraction of sp³-hybridized carbons (Fsp3) is 0.200. The van der Waals surface area contributed by atoms with Crippen LogP contribution in [0.2, 0.25) is 0 Å². The van der Waals surface area contributed by atoms with Gasteiger partial charge in [0.05, 0.1) is 23.1 Å². The quantitative estimate of drug-likeness (QED) is 0.542. The van der Waals surface area contributed by atoms with Crippen LogP contribution in [0.25, 0.3) is 17.2 Å². The Morgan fingerprint density at radius 1 is 1.10 bits per heavy atom. The van der Waals surface area contributed by atoms with E-state index < -0.39 is 0 Å². The third-order valence-corrected chi connectivity index (χ3v) is 4.61. The molecule has 146 valence electrons. The first-order valence-electron chi connectivity index (χ1n) is 9.18. The van der Waals surface area contributed by atoms with Crippen LogP contribution < -0.4 is 5.32 Å². The molecular formula is C20H20N8O. The van der Waals surface area contributed by atoms with Crippen LogP contribution >= 0.6 is 0 Å². The first-order chi connectivity index (χ1) is 14.1. The van der Waals surface area contributed by atoms with Gasteiger partial charge in [-0.25, -0.2) is 19.6 Å². The number of hydrogen-bond donors (Lipinski definition) is 1. The summed E-state index contributed by atoms with van der Waals surface area (Å²) in [6, 6.07) is 5.59. The Morgan fingerprint density at radius 3 is 2.76 bits per heavy atom. The number of rotatable bonds is 6. The lowest BCUT2D eigenvalue weighted by molar-refractivity contribution is 0.0951. The number of carbonyl (C=O) groups is 1. The van der Waals surface area contributed by atoms with Crippen molar-refractivity contribution in [1.29, 1.82) is 0 Å². The smallest absolute Gasteiger partial charge is 0.254 e. The van der Waals surface area contributed by atoms with Gasteiger partial charge in [-0.05, 0) is 32.0 Å². The first-order valence-corrected chi connectivity index (χ1v) is 9.18. The zero-order chi connectivity index (χ0) is 20.2. The third-order valence-electron chi connectivity index (χ3n) is 4.61. The molecule has 0 aliphatic heterocycles. The van der Waals surface area contributed by atoms with E-state index in [1.807, 2.05) is 42.8 Å². The second-order valence-corrected chi connectivity index (χ2v) is 6.46. The standard InChI is InChI=1S/C20H20N8O/c1-14-17(19(29)23-9-11-27-10-8-22-15(27)2)13-25-28(14)20-24-7-5-18(26-20)16-4-3-6-21-12-16/h3-8,10,12-13H,9,11H2,1-2H3,(H,23,29). The molecule has 1 N–H and O–H groups in total. The van der Waals surface area contributed by atoms with Crippen molar-refractivity contribution in [2.75, 3.05) is 6.54 Å². The van der Waals surface area contributed by atoms with E-state index in [4.69, 9.17) is 0 Å². The summed E-state index contributed by atoms with van der Waals surface area (Å²) >= 11 is 0. The van der Waals surface area contributed by atoms with E-state index in [2.05, 4.69) is 30.4 Å². The molecule has 0 aliphatic rings. The maximum atomic E-state index is 12.6. The Balaban J connectivity index is 1.50. The van der Waals surface area contributed by atoms with Gasteiger partial charge in [0.2, 0.25) is 0 Å². The van der Waals surface area contributed by atoms with Crippen molar-refractivity contribution >= 4 is 5.91 Å². The highest BCUT2D eigenvalue weighted by atomic mass is 16.1. The van der Waals surface area contributed by atoms with E-state index in [0.29, 0.717) is 30.3 Å². The molecule has 0 saturated carbocycles. The average molecular weight is 388 g/mol. The third kappa shape index (κ3) is 3.88. The molecule has 0 saturated heterocycles. The zero-order valence-electron chi connectivity index (χ0n) is 16.1. The maximum Gasteiger partial charge on any atom is 0.254 e. The Kier molecular flexibility index (Phi) is 5.10. The summed E-state index contributed by atoms with van der Waals surface area (Å²) in [6.07, 6.45) is 10.3. The number of amides is 1. The van der Waals surface area contributed by atoms with E-state index >= 15 is 0 Å². The van der Waals surface area contributed by atoms with Crippen molar-refractivity contribution in [1.82, 2.24) is 39.6 Å². The van der Waals surface area contributed by atoms with Crippen LogP contribution in [0.4, 0.5) is 0 Å². The highest BCUT2D eigenvalue weighted by molar-refractivity contribution is 5.95. The second-order valence-electron chi connectivity index (χ2n) is 6.46. The second kappa shape index (κ2) is 8.01. The first kappa shape index (κ1) is 18.5. The van der Waals surface area contributed by atoms with Crippen molar-refractivity contribution in [3.05, 3.63) is 72.5 Å². The molecule has 4 aromatic heterocycles. The lowest BCUT2D eigenvalue weighted by Crippen LogP contribution is -2.27. The summed E-state index contributed by atoms with van der Waals surface area (Å²) in [7, 11) is 0. The monoisotopic (exact) mass is 388 g/mol. The number of carbonyl (C=O) groups excluding carboxylic acids is 1. The van der Waals surface area contributed by atoms with Crippen LogP contribution in [-0.2, 0) is 6.54 Å². The van der Waals surface area contributed by atoms with Crippen molar-refractivity contribution in [3.63, 3.8) is 0 Å². The van der Waals surface area contributed by atoms with Gasteiger partial charge in [0.25, 0.3) is 11.9 Å². The van der Waals surface area contributed by atoms with E-state index in [9.17, 15) is 4.79 Å². The number of aryl methyl sites for hydroxylation is 1. The lowest BCUT2D eigenvalue weighted by Gasteiger charge is -2.08. The lowest BCUT2D eigenvalue weighted by atomic mass is 10.2. The molecule has 4 aromatic rings. The molecule has 9 nitrogen and oxygen atoms in total. The minimum atomic E-state index is -0.185. The van der Waals surface area contributed by atoms with Crippen molar-refractivity contribution < 1.29 is 4.79 Å². The summed E-state index contributed by atoms with van der Waals surface area (Å²) in [6.45, 7) is 4.90. The van der Waals surface area contributed by atoms with Gasteiger partial charge in [-0.3, -0.25) is 9.78 Å². The summed E-state index contributed by atoms with van der Waals surface area (Å²) in [5.41, 5.74) is 2.78. The summed E-state index contributed by atoms with van der Waals surface area (Å²) in [5.74, 6) is 1.13. The summed E-state index contributed by atoms with van der Waals surface area (Å²) < 4.78 is 3.54. The number of aromatic nitrogens is 7. The molecule has 4 heterocycles. The highest BCUT2D eigenvalue weighted by Crippen LogP contribution is 2.17. The zero-order valence-corrected chi connectivity index (χ0v) is 16.1. The predicted octanol–water partition coefficient (Wildman–Crippen LogP) is 1.97. The molecule has 0 unspecified atom stereocenters. The molecule has 0 aliphatic carbocycles. The van der Waals surface area contributed by atoms with E-state index in [0.717, 1.165) is 17.1 Å². The molecule has 4 rings (SSSR count). The Hall–Kier alpha value is -3.88. The van der Waals surface area contributed by atoms with Crippen LogP contribution in [0.3, 0.4) is 0 Å². The van der Waals surface area contributed by atoms with Crippen molar-refractivity contribution in [2.24, 2.45) is 0 Å². The van der Waals surface area contributed by atoms with Gasteiger partial charge in [-0.2, -0.15) is 5.10 Å². The van der Waals surface area contributed by atoms with Crippen LogP contribution in [0.5, 0.6) is 0 Å². The summed E-state index contributed by atoms with van der Waals surface area (Å²) in [5, 5.41) is 7.23. The minimum absolute atomic E-state index is 0.185. The molecule has 9 heteroatoms. The Labute approximate surface area is 167 Å². The Morgan fingerprint density at radius 2 is 2.00 bits per heavy atom. The number of pyridine rings is 1. The molecule has 1 amide bonds. The van der Waals surface area contributed by atoms with Crippen molar-refractivity contribution in [2.45, 2.75) is 20.4 Å². The predicted molar refractivity (Wildman–Crippen MR) is 106 cm³/mol. The van der Waals surface area contributed by atoms with Crippen LogP contribution in [0, 0.1) is 13.8 Å². The molecule has 0 spiro atoms. The molecule has 29 heavy (non-hydrogen) atoms. The van der Waals surface area contributed by atoms with Gasteiger partial charge >= 0.3 is 0 Å². The van der Waals surface area contributed by atoms with Crippen LogP contribution in [-0.4, -0.2) is 46.7 Å². The number of imidazole rings is 1. The number of hydrogen-bond acceptors (Lipinski definition) is 6. The molecule has 0 fully saturated rings. The van der Waals surface area contributed by atoms with E-state index in [1.54, 1.807) is 29.5 Å². The number of nitrogens with zero attached hydrogens (tertiary/aromatic N) is 7. The maximum absolute atomic E-state index is 12.6. The van der Waals surface area contributed by atoms with Gasteiger partial charge in [0.1, 0.15) is 5.82 Å². The topological polar surface area (TPSA) is 103 Å². The SMILES string of the molecule is Cc1nccn1CCNC(=O)c1cnn(-c2nccc(-c3cccnc3)n2)c1C. The normalized spacial score (nSPS) is 10.8. The van der Waals surface area contributed by atoms with Crippen LogP contribution in [0.1, 0.15) is 21.9 Å².